The van der Waals surface area contributed by atoms with Crippen LogP contribution in [-0.2, 0) is 6.54 Å². The van der Waals surface area contributed by atoms with E-state index < -0.39 is 0 Å². The molecule has 0 saturated heterocycles. The van der Waals surface area contributed by atoms with Crippen LogP contribution in [0.1, 0.15) is 11.1 Å². The Bertz CT molecular complexity index is 522. The van der Waals surface area contributed by atoms with E-state index >= 15 is 0 Å². The number of nitrogens with two attached hydrogens (primary N) is 1. The maximum Gasteiger partial charge on any atom is 0.135 e. The Hall–Kier alpha value is -1.11. The number of aryl methyl sites for hydroxylation is 1. The van der Waals surface area contributed by atoms with Crippen molar-refractivity contribution in [2.24, 2.45) is 0 Å². The standard InChI is InChI=1S/C11H11FIN3/c1-7-4-8(2-3-9(7)12)6-16-11(14)10(13)5-15-16/h2-5H,6,14H2,1H3. The van der Waals surface area contributed by atoms with E-state index in [4.69, 9.17) is 5.73 Å². The van der Waals surface area contributed by atoms with Crippen molar-refractivity contribution in [3.05, 3.63) is 44.9 Å². The van der Waals surface area contributed by atoms with E-state index in [9.17, 15) is 4.39 Å². The lowest BCUT2D eigenvalue weighted by molar-refractivity contribution is 0.615. The summed E-state index contributed by atoms with van der Waals surface area (Å²) in [5, 5.41) is 4.15. The van der Waals surface area contributed by atoms with Gasteiger partial charge in [-0.25, -0.2) is 9.07 Å². The monoisotopic (exact) mass is 331 g/mol. The van der Waals surface area contributed by atoms with E-state index in [0.717, 1.165) is 9.13 Å². The zero-order chi connectivity index (χ0) is 11.7. The average molecular weight is 331 g/mol. The highest BCUT2D eigenvalue weighted by Gasteiger charge is 2.06. The van der Waals surface area contributed by atoms with Crippen molar-refractivity contribution in [1.82, 2.24) is 9.78 Å². The van der Waals surface area contributed by atoms with Gasteiger partial charge in [-0.05, 0) is 46.7 Å². The number of aromatic nitrogens is 2. The molecule has 1 heterocycles. The summed E-state index contributed by atoms with van der Waals surface area (Å²) in [7, 11) is 0. The summed E-state index contributed by atoms with van der Waals surface area (Å²) < 4.78 is 15.7. The Kier molecular flexibility index (Phi) is 3.13. The summed E-state index contributed by atoms with van der Waals surface area (Å²) in [5.41, 5.74) is 7.47. The molecule has 84 valence electrons. The third-order valence-corrected chi connectivity index (χ3v) is 3.22. The molecule has 1 aromatic carbocycles. The van der Waals surface area contributed by atoms with Crippen LogP contribution in [0.25, 0.3) is 0 Å². The third-order valence-electron chi connectivity index (χ3n) is 2.39. The fourth-order valence-electron chi connectivity index (χ4n) is 1.48. The topological polar surface area (TPSA) is 43.8 Å². The van der Waals surface area contributed by atoms with Crippen LogP contribution >= 0.6 is 22.6 Å². The van der Waals surface area contributed by atoms with Crippen molar-refractivity contribution >= 4 is 28.4 Å². The lowest BCUT2D eigenvalue weighted by Gasteiger charge is -2.06. The van der Waals surface area contributed by atoms with Crippen LogP contribution < -0.4 is 5.73 Å². The van der Waals surface area contributed by atoms with Crippen LogP contribution in [0.3, 0.4) is 0 Å². The van der Waals surface area contributed by atoms with Gasteiger partial charge < -0.3 is 5.73 Å². The number of nitrogen functional groups attached to an aromatic ring is 1. The molecule has 0 spiro atoms. The molecule has 5 heteroatoms. The van der Waals surface area contributed by atoms with Gasteiger partial charge in [-0.15, -0.1) is 0 Å². The average Bonchev–Trinajstić information content (AvgIpc) is 2.55. The van der Waals surface area contributed by atoms with Crippen molar-refractivity contribution in [1.29, 1.82) is 0 Å². The van der Waals surface area contributed by atoms with E-state index in [1.165, 1.54) is 6.07 Å². The van der Waals surface area contributed by atoms with E-state index in [1.54, 1.807) is 23.9 Å². The minimum absolute atomic E-state index is 0.188. The van der Waals surface area contributed by atoms with Gasteiger partial charge in [0.15, 0.2) is 0 Å². The first-order chi connectivity index (χ1) is 7.58. The van der Waals surface area contributed by atoms with E-state index in [0.29, 0.717) is 17.9 Å². The molecule has 2 aromatic rings. The van der Waals surface area contributed by atoms with Gasteiger partial charge in [-0.2, -0.15) is 5.10 Å². The number of hydrogen-bond donors (Lipinski definition) is 1. The Labute approximate surface area is 107 Å². The highest BCUT2D eigenvalue weighted by atomic mass is 127. The SMILES string of the molecule is Cc1cc(Cn2ncc(I)c2N)ccc1F. The molecular formula is C11H11FIN3. The highest BCUT2D eigenvalue weighted by molar-refractivity contribution is 14.1. The molecule has 16 heavy (non-hydrogen) atoms. The second-order valence-electron chi connectivity index (χ2n) is 3.62. The molecule has 0 fully saturated rings. The molecule has 0 amide bonds. The number of rotatable bonds is 2. The molecule has 0 atom stereocenters. The first kappa shape index (κ1) is 11.4. The van der Waals surface area contributed by atoms with E-state index in [-0.39, 0.29) is 5.82 Å². The van der Waals surface area contributed by atoms with Gasteiger partial charge in [-0.3, -0.25) is 0 Å². The van der Waals surface area contributed by atoms with Gasteiger partial charge in [0.05, 0.1) is 16.3 Å². The molecule has 1 aromatic heterocycles. The van der Waals surface area contributed by atoms with Gasteiger partial charge in [0, 0.05) is 0 Å². The lowest BCUT2D eigenvalue weighted by Crippen LogP contribution is -2.06. The maximum atomic E-state index is 13.1. The molecule has 0 bridgehead atoms. The molecule has 0 radical (unpaired) electrons. The summed E-state index contributed by atoms with van der Waals surface area (Å²) >= 11 is 2.13. The van der Waals surface area contributed by atoms with Crippen molar-refractivity contribution in [3.63, 3.8) is 0 Å². The normalized spacial score (nSPS) is 10.7. The van der Waals surface area contributed by atoms with Crippen molar-refractivity contribution < 1.29 is 4.39 Å². The summed E-state index contributed by atoms with van der Waals surface area (Å²) in [6.07, 6.45) is 1.71. The van der Waals surface area contributed by atoms with Crippen molar-refractivity contribution in [2.45, 2.75) is 13.5 Å². The minimum atomic E-state index is -0.188. The van der Waals surface area contributed by atoms with Crippen molar-refractivity contribution in [3.8, 4) is 0 Å². The summed E-state index contributed by atoms with van der Waals surface area (Å²) in [6, 6.07) is 5.02. The predicted octanol–water partition coefficient (Wildman–Crippen LogP) is 2.57. The van der Waals surface area contributed by atoms with Gasteiger partial charge in [0.1, 0.15) is 11.6 Å². The van der Waals surface area contributed by atoms with E-state index in [2.05, 4.69) is 27.7 Å². The van der Waals surface area contributed by atoms with Crippen LogP contribution in [0, 0.1) is 16.3 Å². The lowest BCUT2D eigenvalue weighted by atomic mass is 10.1. The van der Waals surface area contributed by atoms with Gasteiger partial charge in [0.2, 0.25) is 0 Å². The third kappa shape index (κ3) is 2.18. The minimum Gasteiger partial charge on any atom is -0.383 e. The van der Waals surface area contributed by atoms with Crippen molar-refractivity contribution in [2.75, 3.05) is 5.73 Å². The van der Waals surface area contributed by atoms with Crippen LogP contribution in [0.5, 0.6) is 0 Å². The molecule has 0 aliphatic carbocycles. The zero-order valence-electron chi connectivity index (χ0n) is 8.74. The van der Waals surface area contributed by atoms with Gasteiger partial charge >= 0.3 is 0 Å². The molecule has 0 aliphatic heterocycles. The smallest absolute Gasteiger partial charge is 0.135 e. The number of nitrogens with zero attached hydrogens (tertiary/aromatic N) is 2. The number of hydrogen-bond acceptors (Lipinski definition) is 2. The Morgan fingerprint density at radius 3 is 2.81 bits per heavy atom. The zero-order valence-corrected chi connectivity index (χ0v) is 10.9. The number of anilines is 1. The molecule has 2 rings (SSSR count). The molecule has 3 nitrogen and oxygen atoms in total. The number of benzene rings is 1. The summed E-state index contributed by atoms with van der Waals surface area (Å²) in [6.45, 7) is 2.31. The van der Waals surface area contributed by atoms with Crippen LogP contribution in [0.4, 0.5) is 10.2 Å². The highest BCUT2D eigenvalue weighted by Crippen LogP contribution is 2.16. The quantitative estimate of drug-likeness (QED) is 0.860. The fraction of sp³-hybridized carbons (Fsp3) is 0.182. The molecular weight excluding hydrogens is 320 g/mol. The second-order valence-corrected chi connectivity index (χ2v) is 4.78. The fourth-order valence-corrected chi connectivity index (χ4v) is 1.88. The van der Waals surface area contributed by atoms with E-state index in [1.807, 2.05) is 6.07 Å². The number of halogens is 2. The predicted molar refractivity (Wildman–Crippen MR) is 69.6 cm³/mol. The Balaban J connectivity index is 2.27. The summed E-state index contributed by atoms with van der Waals surface area (Å²) in [4.78, 5) is 0. The summed E-state index contributed by atoms with van der Waals surface area (Å²) in [5.74, 6) is 0.453. The molecule has 0 unspecified atom stereocenters. The molecule has 2 N–H and O–H groups in total. The molecule has 0 aliphatic rings. The first-order valence-corrected chi connectivity index (χ1v) is 5.87. The van der Waals surface area contributed by atoms with Crippen LogP contribution in [-0.4, -0.2) is 9.78 Å². The second kappa shape index (κ2) is 4.40. The van der Waals surface area contributed by atoms with Gasteiger partial charge in [0.25, 0.3) is 0 Å². The Morgan fingerprint density at radius 2 is 2.25 bits per heavy atom. The maximum absolute atomic E-state index is 13.1. The largest absolute Gasteiger partial charge is 0.383 e. The van der Waals surface area contributed by atoms with Gasteiger partial charge in [-0.1, -0.05) is 12.1 Å². The first-order valence-electron chi connectivity index (χ1n) is 4.79. The van der Waals surface area contributed by atoms with Crippen LogP contribution in [0.15, 0.2) is 24.4 Å². The Morgan fingerprint density at radius 1 is 1.50 bits per heavy atom. The molecule has 0 saturated carbocycles. The van der Waals surface area contributed by atoms with Crippen LogP contribution in [0.2, 0.25) is 0 Å².